The van der Waals surface area contributed by atoms with Crippen LogP contribution < -0.4 is 5.73 Å². The van der Waals surface area contributed by atoms with Gasteiger partial charge in [0.1, 0.15) is 5.78 Å². The van der Waals surface area contributed by atoms with Gasteiger partial charge < -0.3 is 10.5 Å². The Morgan fingerprint density at radius 3 is 2.53 bits per heavy atom. The Morgan fingerprint density at radius 1 is 1.40 bits per heavy atom. The Labute approximate surface area is 90.8 Å². The summed E-state index contributed by atoms with van der Waals surface area (Å²) < 4.78 is 0. The highest BCUT2D eigenvalue weighted by molar-refractivity contribution is 5.76. The number of benzene rings is 1. The van der Waals surface area contributed by atoms with Crippen molar-refractivity contribution in [1.29, 1.82) is 0 Å². The van der Waals surface area contributed by atoms with E-state index in [1.165, 1.54) is 0 Å². The number of Topliss-reactive ketones (excluding diaryl/α,β-unsaturated/α-hetero) is 1. The Hall–Kier alpha value is -1.57. The molecule has 1 aromatic carbocycles. The third-order valence-electron chi connectivity index (χ3n) is 2.34. The van der Waals surface area contributed by atoms with Gasteiger partial charge in [-0.2, -0.15) is 0 Å². The number of anilines is 1. The van der Waals surface area contributed by atoms with E-state index < -0.39 is 0 Å². The predicted octanol–water partition coefficient (Wildman–Crippen LogP) is 2.82. The zero-order chi connectivity index (χ0) is 11.4. The predicted molar refractivity (Wildman–Crippen MR) is 64.6 cm³/mol. The molecule has 0 fully saturated rings. The molecule has 2 heteroatoms. The van der Waals surface area contributed by atoms with E-state index in [4.69, 9.17) is 5.73 Å². The van der Waals surface area contributed by atoms with Gasteiger partial charge in [0, 0.05) is 12.1 Å². The monoisotopic (exact) mass is 203 g/mol. The number of nitrogen functional groups attached to an aromatic ring is 1. The molecule has 0 radical (unpaired) electrons. The van der Waals surface area contributed by atoms with Gasteiger partial charge in [-0.05, 0) is 43.0 Å². The van der Waals surface area contributed by atoms with E-state index in [1.54, 1.807) is 6.92 Å². The molecule has 2 nitrogen and oxygen atoms in total. The fourth-order valence-corrected chi connectivity index (χ4v) is 1.48. The van der Waals surface area contributed by atoms with Gasteiger partial charge in [-0.3, -0.25) is 0 Å². The van der Waals surface area contributed by atoms with Crippen molar-refractivity contribution >= 4 is 17.0 Å². The van der Waals surface area contributed by atoms with Gasteiger partial charge in [0.15, 0.2) is 0 Å². The fourth-order valence-electron chi connectivity index (χ4n) is 1.48. The third-order valence-corrected chi connectivity index (χ3v) is 2.34. The summed E-state index contributed by atoms with van der Waals surface area (Å²) in [6, 6.07) is 5.89. The molecule has 0 amide bonds. The molecule has 0 atom stereocenters. The van der Waals surface area contributed by atoms with Crippen LogP contribution in [0.5, 0.6) is 0 Å². The largest absolute Gasteiger partial charge is 0.398 e. The second-order valence-corrected chi connectivity index (χ2v) is 3.90. The number of ketones is 1. The van der Waals surface area contributed by atoms with E-state index in [0.29, 0.717) is 6.42 Å². The summed E-state index contributed by atoms with van der Waals surface area (Å²) in [6.45, 7) is 7.39. The van der Waals surface area contributed by atoms with E-state index in [-0.39, 0.29) is 5.78 Å². The molecule has 0 spiro atoms. The molecule has 1 rings (SSSR count). The van der Waals surface area contributed by atoms with Gasteiger partial charge >= 0.3 is 0 Å². The summed E-state index contributed by atoms with van der Waals surface area (Å²) in [5.41, 5.74) is 9.68. The number of hydrogen-bond donors (Lipinski definition) is 1. The van der Waals surface area contributed by atoms with Crippen LogP contribution in [-0.4, -0.2) is 5.78 Å². The molecule has 0 aliphatic heterocycles. The third kappa shape index (κ3) is 3.24. The average molecular weight is 203 g/mol. The highest BCUT2D eigenvalue weighted by atomic mass is 16.1. The molecule has 0 aliphatic rings. The number of aryl methyl sites for hydroxylation is 1. The lowest BCUT2D eigenvalue weighted by Gasteiger charge is -2.07. The van der Waals surface area contributed by atoms with E-state index in [0.717, 1.165) is 28.8 Å². The molecular weight excluding hydrogens is 186 g/mol. The number of allylic oxidation sites excluding steroid dienone is 1. The summed E-state index contributed by atoms with van der Waals surface area (Å²) in [5.74, 6) is 0.206. The molecule has 1 aromatic rings. The Kier molecular flexibility index (Phi) is 3.67. The van der Waals surface area contributed by atoms with Gasteiger partial charge in [-0.1, -0.05) is 18.7 Å². The quantitative estimate of drug-likeness (QED) is 0.765. The number of carbonyl (C=O) groups excluding carboxylic acids is 1. The van der Waals surface area contributed by atoms with Crippen LogP contribution in [-0.2, 0) is 11.2 Å². The van der Waals surface area contributed by atoms with Crippen LogP contribution in [0, 0.1) is 0 Å². The normalized spacial score (nSPS) is 10.0. The lowest BCUT2D eigenvalue weighted by Crippen LogP contribution is -1.97. The Bertz CT molecular complexity index is 394. The highest BCUT2D eigenvalue weighted by Gasteiger charge is 2.02. The molecule has 0 aliphatic carbocycles. The molecule has 0 heterocycles. The van der Waals surface area contributed by atoms with Crippen molar-refractivity contribution in [3.63, 3.8) is 0 Å². The Morgan fingerprint density at radius 2 is 2.07 bits per heavy atom. The highest BCUT2D eigenvalue weighted by Crippen LogP contribution is 2.21. The Balaban J connectivity index is 2.82. The van der Waals surface area contributed by atoms with Crippen LogP contribution >= 0.6 is 0 Å². The van der Waals surface area contributed by atoms with Crippen LogP contribution in [0.2, 0.25) is 0 Å². The minimum atomic E-state index is 0.206. The molecular formula is C13H17NO. The lowest BCUT2D eigenvalue weighted by atomic mass is 10.0. The second-order valence-electron chi connectivity index (χ2n) is 3.90. The first-order valence-corrected chi connectivity index (χ1v) is 5.04. The first-order chi connectivity index (χ1) is 7.00. The average Bonchev–Trinajstić information content (AvgIpc) is 2.14. The summed E-state index contributed by atoms with van der Waals surface area (Å²) >= 11 is 0. The number of nitrogens with two attached hydrogens (primary N) is 1. The van der Waals surface area contributed by atoms with Gasteiger partial charge in [0.05, 0.1) is 0 Å². The van der Waals surface area contributed by atoms with E-state index >= 15 is 0 Å². The molecule has 2 N–H and O–H groups in total. The molecule has 15 heavy (non-hydrogen) atoms. The molecule has 0 aromatic heterocycles. The molecule has 0 saturated heterocycles. The SMILES string of the molecule is C=C(C)c1ccc(CCC(C)=O)cc1N. The van der Waals surface area contributed by atoms with Crippen molar-refractivity contribution in [3.8, 4) is 0 Å². The van der Waals surface area contributed by atoms with Gasteiger partial charge in [0.25, 0.3) is 0 Å². The topological polar surface area (TPSA) is 43.1 Å². The van der Waals surface area contributed by atoms with Crippen LogP contribution in [0.3, 0.4) is 0 Å². The van der Waals surface area contributed by atoms with Crippen LogP contribution in [0.4, 0.5) is 5.69 Å². The van der Waals surface area contributed by atoms with Crippen molar-refractivity contribution in [2.24, 2.45) is 0 Å². The lowest BCUT2D eigenvalue weighted by molar-refractivity contribution is -0.116. The number of rotatable bonds is 4. The zero-order valence-electron chi connectivity index (χ0n) is 9.34. The minimum Gasteiger partial charge on any atom is -0.398 e. The summed E-state index contributed by atoms with van der Waals surface area (Å²) in [7, 11) is 0. The van der Waals surface area contributed by atoms with Crippen LogP contribution in [0.15, 0.2) is 24.8 Å². The summed E-state index contributed by atoms with van der Waals surface area (Å²) in [4.78, 5) is 10.8. The minimum absolute atomic E-state index is 0.206. The number of carbonyl (C=O) groups is 1. The standard InChI is InChI=1S/C13H17NO/c1-9(2)12-7-6-11(8-13(12)14)5-4-10(3)15/h6-8H,1,4-5,14H2,2-3H3. The van der Waals surface area contributed by atoms with Gasteiger partial charge in [0.2, 0.25) is 0 Å². The maximum atomic E-state index is 10.8. The van der Waals surface area contributed by atoms with E-state index in [9.17, 15) is 4.79 Å². The number of hydrogen-bond acceptors (Lipinski definition) is 2. The second kappa shape index (κ2) is 4.78. The van der Waals surface area contributed by atoms with Crippen molar-refractivity contribution in [3.05, 3.63) is 35.9 Å². The van der Waals surface area contributed by atoms with Crippen LogP contribution in [0.25, 0.3) is 5.57 Å². The fraction of sp³-hybridized carbons (Fsp3) is 0.308. The van der Waals surface area contributed by atoms with Crippen molar-refractivity contribution < 1.29 is 4.79 Å². The molecule has 0 saturated carbocycles. The van der Waals surface area contributed by atoms with Crippen molar-refractivity contribution in [2.75, 3.05) is 5.73 Å². The zero-order valence-corrected chi connectivity index (χ0v) is 9.34. The first kappa shape index (κ1) is 11.5. The molecule has 0 unspecified atom stereocenters. The maximum Gasteiger partial charge on any atom is 0.130 e. The molecule has 80 valence electrons. The summed E-state index contributed by atoms with van der Waals surface area (Å²) in [6.07, 6.45) is 1.34. The van der Waals surface area contributed by atoms with Crippen molar-refractivity contribution in [1.82, 2.24) is 0 Å². The van der Waals surface area contributed by atoms with E-state index in [1.807, 2.05) is 25.1 Å². The van der Waals surface area contributed by atoms with Gasteiger partial charge in [-0.25, -0.2) is 0 Å². The smallest absolute Gasteiger partial charge is 0.130 e. The van der Waals surface area contributed by atoms with E-state index in [2.05, 4.69) is 6.58 Å². The van der Waals surface area contributed by atoms with Crippen molar-refractivity contribution in [2.45, 2.75) is 26.7 Å². The van der Waals surface area contributed by atoms with Crippen LogP contribution in [0.1, 0.15) is 31.4 Å². The van der Waals surface area contributed by atoms with Gasteiger partial charge in [-0.15, -0.1) is 0 Å². The first-order valence-electron chi connectivity index (χ1n) is 5.04. The summed E-state index contributed by atoms with van der Waals surface area (Å²) in [5, 5.41) is 0. The maximum absolute atomic E-state index is 10.8. The molecule has 0 bridgehead atoms.